The lowest BCUT2D eigenvalue weighted by Gasteiger charge is -2.32. The molecule has 4 rings (SSSR count). The molecular weight excluding hydrogens is 268 g/mol. The van der Waals surface area contributed by atoms with Crippen molar-refractivity contribution in [3.63, 3.8) is 0 Å². The Kier molecular flexibility index (Phi) is 3.15. The average molecular weight is 288 g/mol. The van der Waals surface area contributed by atoms with E-state index in [4.69, 9.17) is 4.74 Å². The van der Waals surface area contributed by atoms with Gasteiger partial charge >= 0.3 is 0 Å². The van der Waals surface area contributed by atoms with E-state index in [0.717, 1.165) is 24.4 Å². The molecule has 0 amide bonds. The molecule has 0 N–H and O–H groups in total. The summed E-state index contributed by atoms with van der Waals surface area (Å²) in [5.74, 6) is 2.64. The van der Waals surface area contributed by atoms with E-state index in [1.807, 2.05) is 0 Å². The second-order valence-electron chi connectivity index (χ2n) is 6.39. The van der Waals surface area contributed by atoms with Gasteiger partial charge in [0.05, 0.1) is 0 Å². The topological polar surface area (TPSA) is 9.23 Å². The van der Waals surface area contributed by atoms with Crippen LogP contribution in [0.5, 0.6) is 5.75 Å². The molecular formula is C21H20O. The molecule has 0 saturated carbocycles. The smallest absolute Gasteiger partial charge is 0.130 e. The largest absolute Gasteiger partial charge is 0.461 e. The quantitative estimate of drug-likeness (QED) is 0.698. The van der Waals surface area contributed by atoms with Crippen molar-refractivity contribution in [2.24, 2.45) is 5.92 Å². The molecule has 1 unspecified atom stereocenters. The molecule has 0 fully saturated rings. The highest BCUT2D eigenvalue weighted by molar-refractivity contribution is 5.69. The monoisotopic (exact) mass is 288 g/mol. The molecule has 1 aliphatic heterocycles. The standard InChI is InChI=1S/C21H20O/c1-14-10-15(2)19-13-18-12-17(16-6-4-3-5-7-16)8-9-20(18)22-21(19)11-14/h3-11,18H,12-13H2,1-2H3. The Hall–Kier alpha value is -2.28. The lowest BCUT2D eigenvalue weighted by Crippen LogP contribution is -2.22. The number of ether oxygens (including phenoxy) is 1. The summed E-state index contributed by atoms with van der Waals surface area (Å²) in [7, 11) is 0. The molecule has 2 aromatic carbocycles. The number of fused-ring (bicyclic) bond motifs is 2. The molecule has 22 heavy (non-hydrogen) atoms. The van der Waals surface area contributed by atoms with Gasteiger partial charge in [-0.15, -0.1) is 0 Å². The first-order valence-electron chi connectivity index (χ1n) is 7.95. The van der Waals surface area contributed by atoms with Crippen molar-refractivity contribution in [1.29, 1.82) is 0 Å². The van der Waals surface area contributed by atoms with Crippen molar-refractivity contribution in [3.8, 4) is 5.75 Å². The maximum atomic E-state index is 6.20. The minimum absolute atomic E-state index is 0.467. The summed E-state index contributed by atoms with van der Waals surface area (Å²) in [4.78, 5) is 0. The Bertz CT molecular complexity index is 781. The maximum Gasteiger partial charge on any atom is 0.130 e. The molecule has 0 radical (unpaired) electrons. The molecule has 0 saturated heterocycles. The van der Waals surface area contributed by atoms with Gasteiger partial charge < -0.3 is 4.74 Å². The number of hydrogen-bond acceptors (Lipinski definition) is 1. The van der Waals surface area contributed by atoms with Crippen LogP contribution in [0.15, 0.2) is 60.4 Å². The molecule has 1 atom stereocenters. The van der Waals surface area contributed by atoms with Crippen LogP contribution in [0.25, 0.3) is 5.57 Å². The highest BCUT2D eigenvalue weighted by atomic mass is 16.5. The predicted molar refractivity (Wildman–Crippen MR) is 90.9 cm³/mol. The van der Waals surface area contributed by atoms with Crippen LogP contribution in [0.1, 0.15) is 28.7 Å². The summed E-state index contributed by atoms with van der Waals surface area (Å²) in [5.41, 5.74) is 6.73. The Morgan fingerprint density at radius 3 is 2.59 bits per heavy atom. The van der Waals surface area contributed by atoms with Crippen molar-refractivity contribution in [2.75, 3.05) is 0 Å². The molecule has 0 bridgehead atoms. The van der Waals surface area contributed by atoms with E-state index < -0.39 is 0 Å². The zero-order valence-electron chi connectivity index (χ0n) is 13.1. The van der Waals surface area contributed by atoms with Gasteiger partial charge in [-0.1, -0.05) is 42.5 Å². The normalized spacial score (nSPS) is 19.5. The average Bonchev–Trinajstić information content (AvgIpc) is 2.53. The first kappa shape index (κ1) is 13.4. The lowest BCUT2D eigenvalue weighted by molar-refractivity contribution is 0.313. The van der Waals surface area contributed by atoms with Crippen molar-refractivity contribution >= 4 is 5.57 Å². The zero-order valence-corrected chi connectivity index (χ0v) is 13.1. The third kappa shape index (κ3) is 2.27. The molecule has 2 aromatic rings. The molecule has 1 aliphatic carbocycles. The fourth-order valence-corrected chi connectivity index (χ4v) is 3.59. The van der Waals surface area contributed by atoms with Gasteiger partial charge in [-0.25, -0.2) is 0 Å². The van der Waals surface area contributed by atoms with Crippen LogP contribution >= 0.6 is 0 Å². The van der Waals surface area contributed by atoms with E-state index in [1.165, 1.54) is 27.8 Å². The second kappa shape index (κ2) is 5.17. The first-order valence-corrected chi connectivity index (χ1v) is 7.95. The number of aryl methyl sites for hydroxylation is 2. The third-order valence-electron chi connectivity index (χ3n) is 4.72. The van der Waals surface area contributed by atoms with Gasteiger partial charge in [0.25, 0.3) is 0 Å². The molecule has 110 valence electrons. The van der Waals surface area contributed by atoms with Gasteiger partial charge in [0.1, 0.15) is 11.5 Å². The van der Waals surface area contributed by atoms with E-state index in [2.05, 4.69) is 68.5 Å². The van der Waals surface area contributed by atoms with Gasteiger partial charge in [0.15, 0.2) is 0 Å². The van der Waals surface area contributed by atoms with E-state index in [-0.39, 0.29) is 0 Å². The summed E-state index contributed by atoms with van der Waals surface area (Å²) in [6, 6.07) is 15.1. The number of rotatable bonds is 1. The first-order chi connectivity index (χ1) is 10.7. The van der Waals surface area contributed by atoms with Crippen LogP contribution in [-0.4, -0.2) is 0 Å². The molecule has 0 spiro atoms. The van der Waals surface area contributed by atoms with Crippen LogP contribution in [-0.2, 0) is 6.42 Å². The van der Waals surface area contributed by atoms with Crippen molar-refractivity contribution in [2.45, 2.75) is 26.7 Å². The summed E-state index contributed by atoms with van der Waals surface area (Å²) >= 11 is 0. The fraction of sp³-hybridized carbons (Fsp3) is 0.238. The van der Waals surface area contributed by atoms with Crippen molar-refractivity contribution in [3.05, 3.63) is 82.6 Å². The SMILES string of the molecule is Cc1cc(C)c2c(c1)OC1=CC=C(c3ccccc3)CC1C2. The molecule has 1 heterocycles. The van der Waals surface area contributed by atoms with E-state index in [0.29, 0.717) is 5.92 Å². The van der Waals surface area contributed by atoms with Gasteiger partial charge in [-0.05, 0) is 66.7 Å². The molecule has 1 heteroatoms. The molecule has 1 nitrogen and oxygen atoms in total. The van der Waals surface area contributed by atoms with Gasteiger partial charge in [-0.3, -0.25) is 0 Å². The van der Waals surface area contributed by atoms with E-state index in [9.17, 15) is 0 Å². The summed E-state index contributed by atoms with van der Waals surface area (Å²) in [6.45, 7) is 4.33. The van der Waals surface area contributed by atoms with Crippen molar-refractivity contribution in [1.82, 2.24) is 0 Å². The lowest BCUT2D eigenvalue weighted by atomic mass is 9.82. The predicted octanol–water partition coefficient (Wildman–Crippen LogP) is 5.23. The van der Waals surface area contributed by atoms with Crippen LogP contribution in [0.3, 0.4) is 0 Å². The molecule has 0 aromatic heterocycles. The Balaban J connectivity index is 1.69. The van der Waals surface area contributed by atoms with Gasteiger partial charge in [-0.2, -0.15) is 0 Å². The Morgan fingerprint density at radius 1 is 0.955 bits per heavy atom. The van der Waals surface area contributed by atoms with Crippen molar-refractivity contribution < 1.29 is 4.74 Å². The summed E-state index contributed by atoms with van der Waals surface area (Å²) in [5, 5.41) is 0. The van der Waals surface area contributed by atoms with E-state index in [1.54, 1.807) is 0 Å². The van der Waals surface area contributed by atoms with Gasteiger partial charge in [0, 0.05) is 5.92 Å². The Labute approximate surface area is 131 Å². The highest BCUT2D eigenvalue weighted by Crippen LogP contribution is 2.41. The molecule has 2 aliphatic rings. The highest BCUT2D eigenvalue weighted by Gasteiger charge is 2.29. The van der Waals surface area contributed by atoms with Gasteiger partial charge in [0.2, 0.25) is 0 Å². The summed E-state index contributed by atoms with van der Waals surface area (Å²) in [6.07, 6.45) is 6.52. The maximum absolute atomic E-state index is 6.20. The van der Waals surface area contributed by atoms with E-state index >= 15 is 0 Å². The summed E-state index contributed by atoms with van der Waals surface area (Å²) < 4.78 is 6.20. The Morgan fingerprint density at radius 2 is 1.77 bits per heavy atom. The number of allylic oxidation sites excluding steroid dienone is 4. The van der Waals surface area contributed by atoms with Crippen LogP contribution in [0, 0.1) is 19.8 Å². The fourth-order valence-electron chi connectivity index (χ4n) is 3.59. The zero-order chi connectivity index (χ0) is 15.1. The third-order valence-corrected chi connectivity index (χ3v) is 4.72. The number of benzene rings is 2. The minimum atomic E-state index is 0.467. The van der Waals surface area contributed by atoms with Crippen LogP contribution in [0.4, 0.5) is 0 Å². The number of hydrogen-bond donors (Lipinski definition) is 0. The second-order valence-corrected chi connectivity index (χ2v) is 6.39. The minimum Gasteiger partial charge on any atom is -0.461 e. The van der Waals surface area contributed by atoms with Crippen LogP contribution in [0.2, 0.25) is 0 Å². The van der Waals surface area contributed by atoms with Crippen LogP contribution < -0.4 is 4.74 Å².